The second-order valence-electron chi connectivity index (χ2n) is 11.2. The van der Waals surface area contributed by atoms with Crippen molar-refractivity contribution in [1.29, 1.82) is 0 Å². The van der Waals surface area contributed by atoms with Gasteiger partial charge in [-0.2, -0.15) is 18.2 Å². The number of nitrogens with one attached hydrogen (secondary N) is 1. The number of aromatic nitrogens is 2. The van der Waals surface area contributed by atoms with Gasteiger partial charge in [0.05, 0.1) is 18.3 Å². The lowest BCUT2D eigenvalue weighted by Gasteiger charge is -2.26. The van der Waals surface area contributed by atoms with E-state index in [1.165, 1.54) is 17.0 Å². The third-order valence-electron chi connectivity index (χ3n) is 6.39. The van der Waals surface area contributed by atoms with Crippen molar-refractivity contribution in [2.24, 2.45) is 4.99 Å². The first-order chi connectivity index (χ1) is 20.2. The fourth-order valence-corrected chi connectivity index (χ4v) is 4.50. The lowest BCUT2D eigenvalue weighted by atomic mass is 10.1. The van der Waals surface area contributed by atoms with Crippen LogP contribution in [0.5, 0.6) is 5.75 Å². The zero-order valence-corrected chi connectivity index (χ0v) is 24.6. The van der Waals surface area contributed by atoms with E-state index in [0.717, 1.165) is 38.2 Å². The minimum atomic E-state index is -4.71. The third-order valence-corrected chi connectivity index (χ3v) is 6.39. The van der Waals surface area contributed by atoms with Crippen molar-refractivity contribution in [3.63, 3.8) is 0 Å². The Morgan fingerprint density at radius 3 is 2.51 bits per heavy atom. The molecule has 0 bridgehead atoms. The highest BCUT2D eigenvalue weighted by Gasteiger charge is 2.40. The maximum atomic E-state index is 13.9. The Labute approximate surface area is 247 Å². The predicted octanol–water partition coefficient (Wildman–Crippen LogP) is 6.16. The van der Waals surface area contributed by atoms with Gasteiger partial charge in [-0.3, -0.25) is 5.32 Å². The number of nitrogens with zero attached hydrogens (tertiary/aromatic N) is 4. The number of unbranched alkanes of at least 4 members (excludes halogenated alkanes) is 5. The number of carbonyl (C=O) groups is 2. The van der Waals surface area contributed by atoms with E-state index in [4.69, 9.17) is 14.0 Å². The molecule has 0 saturated carbocycles. The lowest BCUT2D eigenvalue weighted by Crippen LogP contribution is -2.46. The Hall–Kier alpha value is -3.88. The normalized spacial score (nSPS) is 17.7. The number of guanidine groups is 1. The second kappa shape index (κ2) is 14.5. The fourth-order valence-electron chi connectivity index (χ4n) is 4.50. The summed E-state index contributed by atoms with van der Waals surface area (Å²) in [6, 6.07) is 2.50. The van der Waals surface area contributed by atoms with Crippen molar-refractivity contribution in [2.75, 3.05) is 13.2 Å². The zero-order chi connectivity index (χ0) is 31.8. The summed E-state index contributed by atoms with van der Waals surface area (Å²) >= 11 is 0. The number of benzene rings is 1. The molecule has 43 heavy (non-hydrogen) atoms. The predicted molar refractivity (Wildman–Crippen MR) is 149 cm³/mol. The number of hydrogen-bond donors (Lipinski definition) is 3. The van der Waals surface area contributed by atoms with E-state index in [0.29, 0.717) is 6.42 Å². The quantitative estimate of drug-likeness (QED) is 0.161. The van der Waals surface area contributed by atoms with Gasteiger partial charge in [0, 0.05) is 18.5 Å². The monoisotopic (exact) mass is 613 g/mol. The number of aliphatic imine (C=N–C) groups is 1. The number of aliphatic hydroxyl groups excluding tert-OH is 1. The SMILES string of the molecule is CCCCCCCCOc1ccc(-c2noc([C@@H]3C[C@@H](O)CN3/C(=N/C(=O)O)NC(=O)OC(C)(C)C)n2)cc1C(F)(F)F. The molecule has 1 aliphatic heterocycles. The Morgan fingerprint density at radius 1 is 1.16 bits per heavy atom. The van der Waals surface area contributed by atoms with Gasteiger partial charge >= 0.3 is 18.4 Å². The van der Waals surface area contributed by atoms with Crippen molar-refractivity contribution in [2.45, 2.75) is 96.6 Å². The molecule has 3 N–H and O–H groups in total. The van der Waals surface area contributed by atoms with E-state index < -0.39 is 47.6 Å². The molecule has 1 aromatic heterocycles. The first-order valence-electron chi connectivity index (χ1n) is 14.1. The number of rotatable bonds is 10. The van der Waals surface area contributed by atoms with Crippen molar-refractivity contribution < 1.29 is 47.0 Å². The van der Waals surface area contributed by atoms with Gasteiger partial charge in [0.1, 0.15) is 17.4 Å². The highest BCUT2D eigenvalue weighted by Crippen LogP contribution is 2.39. The maximum Gasteiger partial charge on any atom is 0.434 e. The number of ether oxygens (including phenoxy) is 2. The largest absolute Gasteiger partial charge is 0.493 e. The van der Waals surface area contributed by atoms with Crippen LogP contribution >= 0.6 is 0 Å². The van der Waals surface area contributed by atoms with Crippen LogP contribution in [0, 0.1) is 0 Å². The average Bonchev–Trinajstić information content (AvgIpc) is 3.53. The molecule has 2 aromatic rings. The van der Waals surface area contributed by atoms with E-state index in [9.17, 15) is 33.0 Å². The summed E-state index contributed by atoms with van der Waals surface area (Å²) in [7, 11) is 0. The minimum absolute atomic E-state index is 0.00522. The van der Waals surface area contributed by atoms with Crippen LogP contribution < -0.4 is 10.1 Å². The zero-order valence-electron chi connectivity index (χ0n) is 24.6. The Kier molecular flexibility index (Phi) is 11.4. The third kappa shape index (κ3) is 10.1. The van der Waals surface area contributed by atoms with Crippen LogP contribution in [-0.2, 0) is 10.9 Å². The molecule has 12 nitrogen and oxygen atoms in total. The van der Waals surface area contributed by atoms with Gasteiger partial charge < -0.3 is 29.1 Å². The number of amides is 2. The Bertz CT molecular complexity index is 1280. The second-order valence-corrected chi connectivity index (χ2v) is 11.2. The van der Waals surface area contributed by atoms with Crippen molar-refractivity contribution in [3.05, 3.63) is 29.7 Å². The summed E-state index contributed by atoms with van der Waals surface area (Å²) in [6.45, 7) is 6.93. The van der Waals surface area contributed by atoms with E-state index >= 15 is 0 Å². The van der Waals surface area contributed by atoms with Crippen LogP contribution in [0.1, 0.15) is 90.1 Å². The molecule has 0 spiro atoms. The molecule has 2 atom stereocenters. The van der Waals surface area contributed by atoms with E-state index in [2.05, 4.69) is 27.4 Å². The van der Waals surface area contributed by atoms with Gasteiger partial charge in [0.2, 0.25) is 17.7 Å². The number of alkyl halides is 3. The topological polar surface area (TPSA) is 160 Å². The van der Waals surface area contributed by atoms with Crippen molar-refractivity contribution >= 4 is 18.1 Å². The molecule has 1 fully saturated rings. The molecular weight excluding hydrogens is 575 g/mol. The number of alkyl carbamates (subject to hydrolysis) is 1. The number of hydrogen-bond acceptors (Lipinski definition) is 8. The number of likely N-dealkylation sites (tertiary alicyclic amines) is 1. The number of carbonyl (C=O) groups excluding carboxylic acids is 1. The van der Waals surface area contributed by atoms with Crippen LogP contribution in [0.4, 0.5) is 22.8 Å². The molecule has 15 heteroatoms. The summed E-state index contributed by atoms with van der Waals surface area (Å²) in [5, 5.41) is 25.7. The van der Waals surface area contributed by atoms with Crippen molar-refractivity contribution in [1.82, 2.24) is 20.4 Å². The molecular formula is C28H38F3N5O7. The van der Waals surface area contributed by atoms with E-state index in [1.54, 1.807) is 20.8 Å². The van der Waals surface area contributed by atoms with E-state index in [1.807, 2.05) is 0 Å². The smallest absolute Gasteiger partial charge is 0.434 e. The standard InChI is InChI=1S/C28H38F3N5O7/c1-5-6-7-8-9-10-13-41-21-12-11-17(14-19(21)28(29,30)31)22-32-23(43-35-22)20-15-18(37)16-36(20)24(33-25(38)39)34-26(40)42-27(2,3)4/h11-12,14,18,20,37H,5-10,13,15-16H2,1-4H3,(H,38,39)(H,33,34,40)/t18-,20+/m1/s1. The number of β-amino-alcohol motifs (C(OH)–C–C–N with tert-alkyl or cyclic N) is 1. The molecule has 3 rings (SSSR count). The number of halogens is 3. The van der Waals surface area contributed by atoms with Crippen LogP contribution in [0.3, 0.4) is 0 Å². The van der Waals surface area contributed by atoms with Crippen LogP contribution in [0.25, 0.3) is 11.4 Å². The molecule has 2 amide bonds. The van der Waals surface area contributed by atoms with Gasteiger partial charge in [0.25, 0.3) is 0 Å². The summed E-state index contributed by atoms with van der Waals surface area (Å²) in [5.74, 6) is -1.05. The summed E-state index contributed by atoms with van der Waals surface area (Å²) < 4.78 is 57.7. The van der Waals surface area contributed by atoms with Crippen LogP contribution in [0.2, 0.25) is 0 Å². The first-order valence-corrected chi connectivity index (χ1v) is 14.1. The molecule has 1 aliphatic rings. The summed E-state index contributed by atoms with van der Waals surface area (Å²) in [4.78, 5) is 32.6. The fraction of sp³-hybridized carbons (Fsp3) is 0.607. The first kappa shape index (κ1) is 33.6. The highest BCUT2D eigenvalue weighted by atomic mass is 19.4. The highest BCUT2D eigenvalue weighted by molar-refractivity contribution is 5.98. The van der Waals surface area contributed by atoms with Gasteiger partial charge in [-0.15, -0.1) is 4.99 Å². The molecule has 1 saturated heterocycles. The lowest BCUT2D eigenvalue weighted by molar-refractivity contribution is -0.138. The van der Waals surface area contributed by atoms with Crippen LogP contribution in [0.15, 0.2) is 27.7 Å². The molecule has 238 valence electrons. The summed E-state index contributed by atoms with van der Waals surface area (Å²) in [5.41, 5.74) is -1.88. The molecule has 0 unspecified atom stereocenters. The molecule has 0 radical (unpaired) electrons. The van der Waals surface area contributed by atoms with Gasteiger partial charge in [-0.05, 0) is 45.4 Å². The maximum absolute atomic E-state index is 13.9. The van der Waals surface area contributed by atoms with Crippen LogP contribution in [-0.4, -0.2) is 68.3 Å². The number of carboxylic acid groups (broad SMARTS) is 1. The van der Waals surface area contributed by atoms with Crippen molar-refractivity contribution in [3.8, 4) is 17.1 Å². The van der Waals surface area contributed by atoms with Gasteiger partial charge in [-0.25, -0.2) is 9.59 Å². The number of aliphatic hydroxyl groups is 1. The van der Waals surface area contributed by atoms with Gasteiger partial charge in [0.15, 0.2) is 0 Å². The van der Waals surface area contributed by atoms with Gasteiger partial charge in [-0.1, -0.05) is 44.2 Å². The molecule has 0 aliphatic carbocycles. The molecule has 2 heterocycles. The Balaban J connectivity index is 1.81. The Morgan fingerprint density at radius 2 is 1.86 bits per heavy atom. The average molecular weight is 614 g/mol. The summed E-state index contributed by atoms with van der Waals surface area (Å²) in [6.07, 6.45) is -2.54. The van der Waals surface area contributed by atoms with E-state index in [-0.39, 0.29) is 42.6 Å². The molecule has 1 aromatic carbocycles. The minimum Gasteiger partial charge on any atom is -0.493 e.